The Hall–Kier alpha value is -2.57. The highest BCUT2D eigenvalue weighted by atomic mass is 35.5. The van der Waals surface area contributed by atoms with Gasteiger partial charge in [0.05, 0.1) is 23.1 Å². The average Bonchev–Trinajstić information content (AvgIpc) is 3.09. The first kappa shape index (κ1) is 17.8. The number of fused-ring (bicyclic) bond motifs is 1. The molecule has 0 spiro atoms. The predicted octanol–water partition coefficient (Wildman–Crippen LogP) is 4.69. The molecule has 5 nitrogen and oxygen atoms in total. The van der Waals surface area contributed by atoms with Crippen LogP contribution in [0.2, 0.25) is 5.02 Å². The van der Waals surface area contributed by atoms with Crippen molar-refractivity contribution in [2.75, 3.05) is 0 Å². The number of hydrogen-bond acceptors (Lipinski definition) is 5. The predicted molar refractivity (Wildman–Crippen MR) is 107 cm³/mol. The lowest BCUT2D eigenvalue weighted by Crippen LogP contribution is -2.24. The second-order valence-electron chi connectivity index (χ2n) is 6.15. The van der Waals surface area contributed by atoms with Gasteiger partial charge in [-0.15, -0.1) is 0 Å². The van der Waals surface area contributed by atoms with E-state index in [1.54, 1.807) is 10.6 Å². The molecule has 0 amide bonds. The first-order chi connectivity index (χ1) is 13.1. The van der Waals surface area contributed by atoms with Crippen molar-refractivity contribution in [3.05, 3.63) is 87.0 Å². The summed E-state index contributed by atoms with van der Waals surface area (Å²) >= 11 is 7.44. The van der Waals surface area contributed by atoms with Crippen molar-refractivity contribution in [3.63, 3.8) is 0 Å². The number of benzene rings is 2. The molecule has 0 saturated carbocycles. The summed E-state index contributed by atoms with van der Waals surface area (Å²) < 4.78 is 6.82. The van der Waals surface area contributed by atoms with Crippen molar-refractivity contribution in [2.45, 2.75) is 24.4 Å². The molecule has 0 unspecified atom stereocenters. The molecule has 0 N–H and O–H groups in total. The van der Waals surface area contributed by atoms with E-state index in [0.717, 1.165) is 17.0 Å². The molecule has 0 aliphatic heterocycles. The van der Waals surface area contributed by atoms with Crippen LogP contribution in [0.5, 0.6) is 0 Å². The third kappa shape index (κ3) is 3.91. The Morgan fingerprint density at radius 1 is 1.15 bits per heavy atom. The number of nitrogens with zero attached hydrogens (tertiary/aromatic N) is 3. The molecule has 136 valence electrons. The molecule has 27 heavy (non-hydrogen) atoms. The largest absolute Gasteiger partial charge is 0.361 e. The molecule has 2 aromatic heterocycles. The number of rotatable bonds is 5. The summed E-state index contributed by atoms with van der Waals surface area (Å²) in [7, 11) is 0. The third-order valence-corrected chi connectivity index (χ3v) is 5.37. The van der Waals surface area contributed by atoms with E-state index in [1.807, 2.05) is 55.5 Å². The highest BCUT2D eigenvalue weighted by Crippen LogP contribution is 2.23. The summed E-state index contributed by atoms with van der Waals surface area (Å²) in [5.74, 6) is 1.33. The van der Waals surface area contributed by atoms with E-state index in [1.165, 1.54) is 11.8 Å². The fraction of sp³-hybridized carbons (Fsp3) is 0.150. The van der Waals surface area contributed by atoms with Gasteiger partial charge in [0.2, 0.25) is 0 Å². The topological polar surface area (TPSA) is 60.9 Å². The Labute approximate surface area is 165 Å². The van der Waals surface area contributed by atoms with Crippen LogP contribution in [-0.4, -0.2) is 14.7 Å². The van der Waals surface area contributed by atoms with Gasteiger partial charge in [-0.1, -0.05) is 52.8 Å². The number of aromatic nitrogens is 3. The molecule has 0 bridgehead atoms. The number of thioether (sulfide) groups is 1. The van der Waals surface area contributed by atoms with E-state index >= 15 is 0 Å². The highest BCUT2D eigenvalue weighted by Gasteiger charge is 2.13. The summed E-state index contributed by atoms with van der Waals surface area (Å²) in [6, 6.07) is 16.8. The van der Waals surface area contributed by atoms with E-state index in [4.69, 9.17) is 21.1 Å². The zero-order valence-electron chi connectivity index (χ0n) is 14.6. The molecule has 4 aromatic rings. The lowest BCUT2D eigenvalue weighted by atomic mass is 10.2. The van der Waals surface area contributed by atoms with E-state index in [2.05, 4.69) is 5.16 Å². The molecular weight excluding hydrogens is 382 g/mol. The van der Waals surface area contributed by atoms with E-state index < -0.39 is 0 Å². The summed E-state index contributed by atoms with van der Waals surface area (Å²) in [6.07, 6.45) is 0. The minimum Gasteiger partial charge on any atom is -0.361 e. The first-order valence-corrected chi connectivity index (χ1v) is 9.75. The van der Waals surface area contributed by atoms with Crippen molar-refractivity contribution in [3.8, 4) is 0 Å². The molecule has 0 atom stereocenters. The Kier molecular flexibility index (Phi) is 5.01. The summed E-state index contributed by atoms with van der Waals surface area (Å²) in [5, 5.41) is 5.93. The van der Waals surface area contributed by atoms with Crippen LogP contribution in [0.4, 0.5) is 0 Å². The summed E-state index contributed by atoms with van der Waals surface area (Å²) in [6.45, 7) is 2.28. The summed E-state index contributed by atoms with van der Waals surface area (Å²) in [5.41, 5.74) is 2.43. The van der Waals surface area contributed by atoms with Crippen molar-refractivity contribution >= 4 is 34.3 Å². The maximum absolute atomic E-state index is 13.1. The van der Waals surface area contributed by atoms with Crippen LogP contribution in [0, 0.1) is 6.92 Å². The van der Waals surface area contributed by atoms with Crippen LogP contribution in [0.15, 0.2) is 69.1 Å². The molecule has 0 aliphatic rings. The van der Waals surface area contributed by atoms with Gasteiger partial charge in [-0.2, -0.15) is 0 Å². The van der Waals surface area contributed by atoms with E-state index in [-0.39, 0.29) is 5.56 Å². The van der Waals surface area contributed by atoms with Gasteiger partial charge in [0.1, 0.15) is 5.76 Å². The van der Waals surface area contributed by atoms with Gasteiger partial charge in [-0.3, -0.25) is 9.36 Å². The standard InChI is InChI=1S/C20H16ClN3O2S/c1-13-10-16(23-26-13)12-27-20-22-18-5-3-2-4-17(18)19(25)24(20)11-14-6-8-15(21)9-7-14/h2-10H,11-12H2,1H3. The lowest BCUT2D eigenvalue weighted by molar-refractivity contribution is 0.393. The van der Waals surface area contributed by atoms with E-state index in [9.17, 15) is 4.79 Å². The minimum absolute atomic E-state index is 0.0608. The molecule has 7 heteroatoms. The molecule has 0 saturated heterocycles. The zero-order valence-corrected chi connectivity index (χ0v) is 16.1. The molecule has 2 aromatic carbocycles. The maximum Gasteiger partial charge on any atom is 0.262 e. The summed E-state index contributed by atoms with van der Waals surface area (Å²) in [4.78, 5) is 17.8. The van der Waals surface area contributed by atoms with Crippen LogP contribution in [-0.2, 0) is 12.3 Å². The smallest absolute Gasteiger partial charge is 0.262 e. The highest BCUT2D eigenvalue weighted by molar-refractivity contribution is 7.98. The van der Waals surface area contributed by atoms with Gasteiger partial charge in [0.25, 0.3) is 5.56 Å². The Balaban J connectivity index is 1.74. The Morgan fingerprint density at radius 3 is 2.67 bits per heavy atom. The zero-order chi connectivity index (χ0) is 18.8. The molecule has 4 rings (SSSR count). The van der Waals surface area contributed by atoms with Crippen molar-refractivity contribution in [1.82, 2.24) is 14.7 Å². The Morgan fingerprint density at radius 2 is 1.93 bits per heavy atom. The number of para-hydroxylation sites is 1. The third-order valence-electron chi connectivity index (χ3n) is 4.11. The molecule has 0 fully saturated rings. The SMILES string of the molecule is Cc1cc(CSc2nc3ccccc3c(=O)n2Cc2ccc(Cl)cc2)no1. The monoisotopic (exact) mass is 397 g/mol. The molecular formula is C20H16ClN3O2S. The second-order valence-corrected chi connectivity index (χ2v) is 7.53. The lowest BCUT2D eigenvalue weighted by Gasteiger charge is -2.13. The number of halogens is 1. The van der Waals surface area contributed by atoms with Crippen molar-refractivity contribution < 1.29 is 4.52 Å². The number of hydrogen-bond donors (Lipinski definition) is 0. The minimum atomic E-state index is -0.0608. The van der Waals surface area contributed by atoms with Gasteiger partial charge >= 0.3 is 0 Å². The maximum atomic E-state index is 13.1. The van der Waals surface area contributed by atoms with Gasteiger partial charge in [0.15, 0.2) is 5.16 Å². The fourth-order valence-corrected chi connectivity index (χ4v) is 3.80. The van der Waals surface area contributed by atoms with Gasteiger partial charge < -0.3 is 4.52 Å². The van der Waals surface area contributed by atoms with Gasteiger partial charge in [0, 0.05) is 16.8 Å². The van der Waals surface area contributed by atoms with Crippen LogP contribution >= 0.6 is 23.4 Å². The van der Waals surface area contributed by atoms with Gasteiger partial charge in [-0.05, 0) is 36.8 Å². The van der Waals surface area contributed by atoms with E-state index in [0.29, 0.717) is 33.4 Å². The van der Waals surface area contributed by atoms with Crippen LogP contribution < -0.4 is 5.56 Å². The molecule has 0 aliphatic carbocycles. The molecule has 0 radical (unpaired) electrons. The van der Waals surface area contributed by atoms with Crippen LogP contribution in [0.1, 0.15) is 17.0 Å². The van der Waals surface area contributed by atoms with Crippen LogP contribution in [0.3, 0.4) is 0 Å². The van der Waals surface area contributed by atoms with Crippen molar-refractivity contribution in [2.24, 2.45) is 0 Å². The number of aryl methyl sites for hydroxylation is 1. The normalized spacial score (nSPS) is 11.2. The van der Waals surface area contributed by atoms with Gasteiger partial charge in [-0.25, -0.2) is 4.98 Å². The second kappa shape index (κ2) is 7.58. The molecule has 2 heterocycles. The Bertz CT molecular complexity index is 1150. The van der Waals surface area contributed by atoms with Crippen LogP contribution in [0.25, 0.3) is 10.9 Å². The fourth-order valence-electron chi connectivity index (χ4n) is 2.79. The first-order valence-electron chi connectivity index (χ1n) is 8.39. The quantitative estimate of drug-likeness (QED) is 0.361. The average molecular weight is 398 g/mol. The van der Waals surface area contributed by atoms with Crippen molar-refractivity contribution in [1.29, 1.82) is 0 Å².